The molecule has 8 nitrogen and oxygen atoms in total. The first-order valence-electron chi connectivity index (χ1n) is 14.2. The molecule has 5 rings (SSSR count). The minimum absolute atomic E-state index is 0.0571. The maximum atomic E-state index is 14.1. The number of nitro groups is 1. The first-order valence-corrected chi connectivity index (χ1v) is 16.0. The largest absolute Gasteiger partial charge is 0.496 e. The van der Waals surface area contributed by atoms with Gasteiger partial charge in [-0.15, -0.1) is 11.8 Å². The van der Waals surface area contributed by atoms with Crippen LogP contribution in [0.4, 0.5) is 11.4 Å². The number of aryl methyl sites for hydroxylation is 2. The molecule has 232 valence electrons. The Hall–Kier alpha value is -3.97. The summed E-state index contributed by atoms with van der Waals surface area (Å²) < 4.78 is 5.24. The summed E-state index contributed by atoms with van der Waals surface area (Å²) in [6.45, 7) is 7.94. The molecule has 0 saturated heterocycles. The third kappa shape index (κ3) is 6.15. The van der Waals surface area contributed by atoms with Crippen LogP contribution in [0, 0.1) is 40.7 Å². The molecule has 1 atom stereocenters. The molecule has 1 aliphatic carbocycles. The molecule has 0 spiro atoms. The molecule has 1 heterocycles. The number of nitro benzene ring substituents is 1. The highest BCUT2D eigenvalue weighted by atomic mass is 35.5. The van der Waals surface area contributed by atoms with E-state index in [2.05, 4.69) is 6.07 Å². The zero-order chi connectivity index (χ0) is 32.8. The number of nitriles is 1. The van der Waals surface area contributed by atoms with Crippen LogP contribution in [0.2, 0.25) is 10.0 Å². The van der Waals surface area contributed by atoms with Crippen LogP contribution in [-0.4, -0.2) is 17.8 Å². The predicted octanol–water partition coefficient (Wildman–Crippen LogP) is 8.76. The van der Waals surface area contributed by atoms with Crippen molar-refractivity contribution in [3.8, 4) is 11.8 Å². The molecule has 3 aromatic carbocycles. The van der Waals surface area contributed by atoms with E-state index in [4.69, 9.17) is 33.7 Å². The number of ketones is 1. The van der Waals surface area contributed by atoms with Crippen LogP contribution in [0.3, 0.4) is 0 Å². The van der Waals surface area contributed by atoms with Crippen molar-refractivity contribution in [3.05, 3.63) is 114 Å². The third-order valence-electron chi connectivity index (χ3n) is 8.31. The summed E-state index contributed by atoms with van der Waals surface area (Å²) in [7, 11) is 1.43. The monoisotopic (exact) mass is 662 g/mol. The zero-order valence-corrected chi connectivity index (χ0v) is 27.9. The van der Waals surface area contributed by atoms with Gasteiger partial charge in [-0.25, -0.2) is 0 Å². The van der Waals surface area contributed by atoms with Crippen LogP contribution < -0.4 is 15.4 Å². The molecular weight excluding hydrogens is 631 g/mol. The first-order chi connectivity index (χ1) is 21.3. The van der Waals surface area contributed by atoms with E-state index in [0.717, 1.165) is 27.1 Å². The lowest BCUT2D eigenvalue weighted by molar-refractivity contribution is -0.384. The highest BCUT2D eigenvalue weighted by molar-refractivity contribution is 7.98. The van der Waals surface area contributed by atoms with Crippen molar-refractivity contribution in [1.29, 1.82) is 5.26 Å². The van der Waals surface area contributed by atoms with Gasteiger partial charge in [0.15, 0.2) is 5.78 Å². The van der Waals surface area contributed by atoms with Gasteiger partial charge in [0.1, 0.15) is 17.3 Å². The fourth-order valence-electron chi connectivity index (χ4n) is 6.19. The van der Waals surface area contributed by atoms with E-state index in [9.17, 15) is 20.2 Å². The van der Waals surface area contributed by atoms with Gasteiger partial charge in [-0.3, -0.25) is 19.8 Å². The van der Waals surface area contributed by atoms with Crippen molar-refractivity contribution >= 4 is 52.1 Å². The molecule has 2 aliphatic rings. The van der Waals surface area contributed by atoms with Crippen LogP contribution in [0.1, 0.15) is 54.9 Å². The quantitative estimate of drug-likeness (QED) is 0.151. The van der Waals surface area contributed by atoms with Crippen molar-refractivity contribution < 1.29 is 14.5 Å². The average molecular weight is 664 g/mol. The van der Waals surface area contributed by atoms with Gasteiger partial charge in [0.25, 0.3) is 5.69 Å². The molecule has 11 heteroatoms. The van der Waals surface area contributed by atoms with E-state index in [-0.39, 0.29) is 35.0 Å². The summed E-state index contributed by atoms with van der Waals surface area (Å²) in [5.74, 6) is 0.0823. The van der Waals surface area contributed by atoms with E-state index in [1.165, 1.54) is 18.1 Å². The SMILES string of the molecule is COc1ccc(N2C(N)=C(C#N)C(c3cc(CSc4cc(Cl)ccc4Cl)c(C)cc3C)C3=C2CC(C)(C)CC3=O)c([N+](=O)[O-])c1. The lowest BCUT2D eigenvalue weighted by atomic mass is 9.68. The first kappa shape index (κ1) is 32.4. The Morgan fingerprint density at radius 3 is 2.53 bits per heavy atom. The normalized spacial score (nSPS) is 17.7. The minimum atomic E-state index is -0.735. The topological polar surface area (TPSA) is 122 Å². The Kier molecular flexibility index (Phi) is 8.96. The number of nitrogens with two attached hydrogens (primary N) is 1. The highest BCUT2D eigenvalue weighted by Gasteiger charge is 2.46. The van der Waals surface area contributed by atoms with Crippen LogP contribution >= 0.6 is 35.0 Å². The number of nitrogens with zero attached hydrogens (tertiary/aromatic N) is 3. The number of methoxy groups -OCH3 is 1. The number of anilines is 1. The molecule has 1 aliphatic heterocycles. The fraction of sp³-hybridized carbons (Fsp3) is 0.294. The van der Waals surface area contributed by atoms with Gasteiger partial charge in [-0.05, 0) is 78.3 Å². The number of thioether (sulfide) groups is 1. The summed E-state index contributed by atoms with van der Waals surface area (Å²) in [4.78, 5) is 28.2. The van der Waals surface area contributed by atoms with Gasteiger partial charge in [-0.1, -0.05) is 49.2 Å². The second kappa shape index (κ2) is 12.4. The van der Waals surface area contributed by atoms with Crippen LogP contribution in [0.25, 0.3) is 0 Å². The molecule has 0 bridgehead atoms. The van der Waals surface area contributed by atoms with Gasteiger partial charge in [0, 0.05) is 33.4 Å². The molecule has 0 fully saturated rings. The van der Waals surface area contributed by atoms with Gasteiger partial charge in [0.05, 0.1) is 40.7 Å². The number of hydrogen-bond acceptors (Lipinski definition) is 8. The smallest absolute Gasteiger partial charge is 0.296 e. The number of rotatable bonds is 7. The van der Waals surface area contributed by atoms with E-state index in [1.54, 1.807) is 36.0 Å². The number of halogens is 2. The second-order valence-corrected chi connectivity index (χ2v) is 14.0. The summed E-state index contributed by atoms with van der Waals surface area (Å²) in [5, 5.41) is 24.0. The molecule has 3 aromatic rings. The molecule has 1 unspecified atom stereocenters. The number of hydrogen-bond donors (Lipinski definition) is 1. The molecule has 2 N–H and O–H groups in total. The van der Waals surface area contributed by atoms with Crippen molar-refractivity contribution in [2.45, 2.75) is 57.1 Å². The minimum Gasteiger partial charge on any atom is -0.496 e. The Morgan fingerprint density at radius 2 is 1.87 bits per heavy atom. The van der Waals surface area contributed by atoms with Crippen molar-refractivity contribution in [3.63, 3.8) is 0 Å². The summed E-state index contributed by atoms with van der Waals surface area (Å²) in [6, 6.07) is 16.1. The van der Waals surface area contributed by atoms with Gasteiger partial charge < -0.3 is 10.5 Å². The number of benzene rings is 3. The lowest BCUT2D eigenvalue weighted by Gasteiger charge is -2.43. The number of allylic oxidation sites excluding steroid dienone is 3. The van der Waals surface area contributed by atoms with E-state index < -0.39 is 16.3 Å². The van der Waals surface area contributed by atoms with Crippen molar-refractivity contribution in [2.24, 2.45) is 11.1 Å². The Morgan fingerprint density at radius 1 is 1.13 bits per heavy atom. The van der Waals surface area contributed by atoms with Crippen molar-refractivity contribution in [2.75, 3.05) is 12.0 Å². The number of carbonyl (C=O) groups is 1. The maximum Gasteiger partial charge on any atom is 0.296 e. The number of ether oxygens (including phenoxy) is 1. The maximum absolute atomic E-state index is 14.1. The number of Topliss-reactive ketones (excluding diaryl/α,β-unsaturated/α-hetero) is 1. The number of carbonyl (C=O) groups excluding carboxylic acids is 1. The zero-order valence-electron chi connectivity index (χ0n) is 25.5. The summed E-state index contributed by atoms with van der Waals surface area (Å²) in [5.41, 5.74) is 11.2. The Bertz CT molecular complexity index is 1860. The standard InChI is InChI=1S/C34H32Cl2N4O4S/c1-18-10-19(2)23(11-20(18)17-45-30-12-21(35)6-8-25(30)36)31-24(16-37)33(38)39(28-14-34(3,4)15-29(41)32(28)31)26-9-7-22(44-5)13-27(26)40(42)43/h6-13,31H,14-15,17,38H2,1-5H3. The van der Waals surface area contributed by atoms with Gasteiger partial charge in [-0.2, -0.15) is 5.26 Å². The van der Waals surface area contributed by atoms with Crippen LogP contribution in [-0.2, 0) is 10.5 Å². The Labute approximate surface area is 276 Å². The summed E-state index contributed by atoms with van der Waals surface area (Å²) >= 11 is 14.2. The lowest BCUT2D eigenvalue weighted by Crippen LogP contribution is -2.42. The van der Waals surface area contributed by atoms with E-state index in [0.29, 0.717) is 39.2 Å². The molecule has 0 saturated carbocycles. The fourth-order valence-corrected chi connectivity index (χ4v) is 7.74. The van der Waals surface area contributed by atoms with Crippen molar-refractivity contribution in [1.82, 2.24) is 0 Å². The van der Waals surface area contributed by atoms with Crippen LogP contribution in [0.15, 0.2) is 76.1 Å². The third-order valence-corrected chi connectivity index (χ3v) is 10.1. The predicted molar refractivity (Wildman–Crippen MR) is 179 cm³/mol. The van der Waals surface area contributed by atoms with E-state index >= 15 is 0 Å². The summed E-state index contributed by atoms with van der Waals surface area (Å²) in [6.07, 6.45) is 0.689. The molecule has 0 aromatic heterocycles. The van der Waals surface area contributed by atoms with Gasteiger partial charge in [0.2, 0.25) is 0 Å². The molecule has 0 amide bonds. The highest BCUT2D eigenvalue weighted by Crippen LogP contribution is 2.52. The van der Waals surface area contributed by atoms with E-state index in [1.807, 2.05) is 45.9 Å². The average Bonchev–Trinajstić information content (AvgIpc) is 2.97. The molecular formula is C34H32Cl2N4O4S. The van der Waals surface area contributed by atoms with Crippen LogP contribution in [0.5, 0.6) is 5.75 Å². The molecule has 45 heavy (non-hydrogen) atoms. The second-order valence-electron chi connectivity index (χ2n) is 12.1. The Balaban J connectivity index is 1.70. The van der Waals surface area contributed by atoms with Gasteiger partial charge >= 0.3 is 0 Å². The molecule has 0 radical (unpaired) electrons.